The molecule has 2 aromatic rings. The van der Waals surface area contributed by atoms with Crippen LogP contribution in [-0.4, -0.2) is 28.0 Å². The number of aryl methyl sites for hydroxylation is 1. The van der Waals surface area contributed by atoms with Gasteiger partial charge in [0.1, 0.15) is 17.5 Å². The number of hydrogen-bond donors (Lipinski definition) is 2. The Morgan fingerprint density at radius 3 is 2.19 bits per heavy atom. The Morgan fingerprint density at radius 2 is 1.57 bits per heavy atom. The summed E-state index contributed by atoms with van der Waals surface area (Å²) in [5, 5.41) is 6.76. The molecule has 0 spiro atoms. The Hall–Kier alpha value is -2.17. The van der Waals surface area contributed by atoms with Crippen molar-refractivity contribution in [2.24, 2.45) is 0 Å². The van der Waals surface area contributed by atoms with Gasteiger partial charge in [0.25, 0.3) is 0 Å². The van der Waals surface area contributed by atoms with Gasteiger partial charge in [0.15, 0.2) is 0 Å². The number of anilines is 2. The largest absolute Gasteiger partial charge is 0.370 e. The second kappa shape index (κ2) is 7.57. The molecule has 112 valence electrons. The van der Waals surface area contributed by atoms with E-state index in [1.54, 1.807) is 0 Å². The van der Waals surface area contributed by atoms with Gasteiger partial charge >= 0.3 is 0 Å². The maximum absolute atomic E-state index is 4.50. The van der Waals surface area contributed by atoms with Crippen LogP contribution >= 0.6 is 0 Å². The molecule has 21 heavy (non-hydrogen) atoms. The van der Waals surface area contributed by atoms with E-state index in [-0.39, 0.29) is 0 Å². The molecule has 0 radical (unpaired) electrons. The lowest BCUT2D eigenvalue weighted by atomic mass is 10.2. The van der Waals surface area contributed by atoms with Crippen LogP contribution in [0.15, 0.2) is 24.5 Å². The second-order valence-electron chi connectivity index (χ2n) is 5.05. The fraction of sp³-hybridized carbons (Fsp3) is 0.438. The molecule has 2 heterocycles. The van der Waals surface area contributed by atoms with E-state index in [2.05, 4.69) is 32.5 Å². The molecule has 0 amide bonds. The van der Waals surface area contributed by atoms with Crippen molar-refractivity contribution in [1.29, 1.82) is 0 Å². The van der Waals surface area contributed by atoms with E-state index in [1.807, 2.05) is 38.4 Å². The number of pyridine rings is 1. The van der Waals surface area contributed by atoms with E-state index in [9.17, 15) is 0 Å². The van der Waals surface area contributed by atoms with Crippen molar-refractivity contribution in [1.82, 2.24) is 15.0 Å². The van der Waals surface area contributed by atoms with Gasteiger partial charge in [-0.25, -0.2) is 9.97 Å². The Labute approximate surface area is 126 Å². The minimum absolute atomic E-state index is 0.783. The molecule has 2 aromatic heterocycles. The quantitative estimate of drug-likeness (QED) is 0.819. The first-order chi connectivity index (χ1) is 10.2. The molecule has 0 saturated carbocycles. The average molecular weight is 285 g/mol. The van der Waals surface area contributed by atoms with Crippen molar-refractivity contribution in [3.05, 3.63) is 41.5 Å². The summed E-state index contributed by atoms with van der Waals surface area (Å²) in [6.07, 6.45) is 5.67. The molecule has 0 atom stereocenters. The number of aromatic nitrogens is 3. The smallest absolute Gasteiger partial charge is 0.134 e. The third-order valence-corrected chi connectivity index (χ3v) is 3.26. The lowest BCUT2D eigenvalue weighted by Crippen LogP contribution is -2.12. The van der Waals surface area contributed by atoms with Crippen LogP contribution in [0.2, 0.25) is 0 Å². The SMILES string of the molecule is CCCNc1nc(C)nc(NCCc2ccncc2)c1C. The molecular weight excluding hydrogens is 262 g/mol. The summed E-state index contributed by atoms with van der Waals surface area (Å²) < 4.78 is 0. The molecule has 2 rings (SSSR count). The Balaban J connectivity index is 2.00. The third kappa shape index (κ3) is 4.41. The van der Waals surface area contributed by atoms with Crippen molar-refractivity contribution >= 4 is 11.6 Å². The molecule has 2 N–H and O–H groups in total. The van der Waals surface area contributed by atoms with Crippen molar-refractivity contribution in [3.8, 4) is 0 Å². The highest BCUT2D eigenvalue weighted by molar-refractivity contribution is 5.57. The highest BCUT2D eigenvalue weighted by Crippen LogP contribution is 2.19. The van der Waals surface area contributed by atoms with Gasteiger partial charge in [0.05, 0.1) is 0 Å². The number of hydrogen-bond acceptors (Lipinski definition) is 5. The zero-order valence-corrected chi connectivity index (χ0v) is 13.0. The Kier molecular flexibility index (Phi) is 5.49. The van der Waals surface area contributed by atoms with Gasteiger partial charge in [-0.15, -0.1) is 0 Å². The molecule has 0 aromatic carbocycles. The molecule has 5 heteroatoms. The molecule has 0 unspecified atom stereocenters. The molecule has 0 bridgehead atoms. The number of nitrogens with zero attached hydrogens (tertiary/aromatic N) is 3. The molecule has 5 nitrogen and oxygen atoms in total. The van der Waals surface area contributed by atoms with Crippen molar-refractivity contribution in [2.75, 3.05) is 23.7 Å². The molecule has 0 aliphatic carbocycles. The van der Waals surface area contributed by atoms with Crippen molar-refractivity contribution in [3.63, 3.8) is 0 Å². The monoisotopic (exact) mass is 285 g/mol. The van der Waals surface area contributed by atoms with E-state index in [0.717, 1.165) is 49.0 Å². The minimum Gasteiger partial charge on any atom is -0.370 e. The zero-order valence-electron chi connectivity index (χ0n) is 13.0. The van der Waals surface area contributed by atoms with E-state index in [1.165, 1.54) is 5.56 Å². The molecular formula is C16H23N5. The molecule has 0 aliphatic heterocycles. The summed E-state index contributed by atoms with van der Waals surface area (Å²) in [7, 11) is 0. The summed E-state index contributed by atoms with van der Waals surface area (Å²) in [6.45, 7) is 7.88. The second-order valence-corrected chi connectivity index (χ2v) is 5.05. The van der Waals surface area contributed by atoms with E-state index in [4.69, 9.17) is 0 Å². The van der Waals surface area contributed by atoms with Gasteiger partial charge in [-0.1, -0.05) is 6.92 Å². The van der Waals surface area contributed by atoms with Crippen LogP contribution < -0.4 is 10.6 Å². The van der Waals surface area contributed by atoms with E-state index < -0.39 is 0 Å². The van der Waals surface area contributed by atoms with Gasteiger partial charge in [-0.3, -0.25) is 4.98 Å². The summed E-state index contributed by atoms with van der Waals surface area (Å²) >= 11 is 0. The van der Waals surface area contributed by atoms with Crippen LogP contribution in [0.1, 0.15) is 30.3 Å². The number of rotatable bonds is 7. The average Bonchev–Trinajstić information content (AvgIpc) is 2.50. The Bertz CT molecular complexity index is 568. The molecule has 0 saturated heterocycles. The van der Waals surface area contributed by atoms with Crippen LogP contribution in [0.25, 0.3) is 0 Å². The highest BCUT2D eigenvalue weighted by Gasteiger charge is 2.08. The van der Waals surface area contributed by atoms with Crippen LogP contribution in [0.3, 0.4) is 0 Å². The first-order valence-electron chi connectivity index (χ1n) is 7.42. The van der Waals surface area contributed by atoms with E-state index >= 15 is 0 Å². The zero-order chi connectivity index (χ0) is 15.1. The fourth-order valence-corrected chi connectivity index (χ4v) is 2.09. The summed E-state index contributed by atoms with van der Waals surface area (Å²) in [5.41, 5.74) is 2.34. The lowest BCUT2D eigenvalue weighted by molar-refractivity contribution is 0.936. The standard InChI is InChI=1S/C16H23N5/c1-4-8-18-15-12(2)16(21-13(3)20-15)19-11-7-14-5-9-17-10-6-14/h5-6,9-10H,4,7-8,11H2,1-3H3,(H2,18,19,20,21). The maximum atomic E-state index is 4.50. The normalized spacial score (nSPS) is 10.4. The lowest BCUT2D eigenvalue weighted by Gasteiger charge is -2.14. The summed E-state index contributed by atoms with van der Waals surface area (Å²) in [4.78, 5) is 13.0. The minimum atomic E-state index is 0.783. The van der Waals surface area contributed by atoms with Gasteiger partial charge in [0.2, 0.25) is 0 Å². The molecule has 0 aliphatic rings. The first kappa shape index (κ1) is 15.2. The van der Waals surface area contributed by atoms with Crippen molar-refractivity contribution in [2.45, 2.75) is 33.6 Å². The fourth-order valence-electron chi connectivity index (χ4n) is 2.09. The molecule has 0 fully saturated rings. The topological polar surface area (TPSA) is 62.7 Å². The third-order valence-electron chi connectivity index (χ3n) is 3.26. The van der Waals surface area contributed by atoms with Gasteiger partial charge in [0, 0.05) is 31.0 Å². The van der Waals surface area contributed by atoms with Crippen LogP contribution in [0, 0.1) is 13.8 Å². The predicted octanol–water partition coefficient (Wildman–Crippen LogP) is 2.96. The van der Waals surface area contributed by atoms with Crippen LogP contribution in [0.4, 0.5) is 11.6 Å². The summed E-state index contributed by atoms with van der Waals surface area (Å²) in [6, 6.07) is 4.07. The van der Waals surface area contributed by atoms with Crippen molar-refractivity contribution < 1.29 is 0 Å². The number of nitrogens with one attached hydrogen (secondary N) is 2. The van der Waals surface area contributed by atoms with Crippen LogP contribution in [-0.2, 0) is 6.42 Å². The van der Waals surface area contributed by atoms with Crippen LogP contribution in [0.5, 0.6) is 0 Å². The summed E-state index contributed by atoms with van der Waals surface area (Å²) in [5.74, 6) is 2.62. The highest BCUT2D eigenvalue weighted by atomic mass is 15.1. The predicted molar refractivity (Wildman–Crippen MR) is 86.7 cm³/mol. The van der Waals surface area contributed by atoms with Gasteiger partial charge in [-0.2, -0.15) is 0 Å². The van der Waals surface area contributed by atoms with Gasteiger partial charge < -0.3 is 10.6 Å². The maximum Gasteiger partial charge on any atom is 0.134 e. The first-order valence-corrected chi connectivity index (χ1v) is 7.42. The van der Waals surface area contributed by atoms with E-state index in [0.29, 0.717) is 0 Å². The Morgan fingerprint density at radius 1 is 0.952 bits per heavy atom. The van der Waals surface area contributed by atoms with Gasteiger partial charge in [-0.05, 0) is 44.4 Å².